The van der Waals surface area contributed by atoms with Gasteiger partial charge < -0.3 is 5.32 Å². The van der Waals surface area contributed by atoms with E-state index in [1.54, 1.807) is 16.4 Å². The first-order valence-corrected chi connectivity index (χ1v) is 9.49. The highest BCUT2D eigenvalue weighted by Crippen LogP contribution is 2.30. The number of hydrogen-bond acceptors (Lipinski definition) is 4. The van der Waals surface area contributed by atoms with E-state index in [1.165, 1.54) is 11.3 Å². The number of sulfonamides is 1. The van der Waals surface area contributed by atoms with Crippen molar-refractivity contribution in [3.63, 3.8) is 0 Å². The molecule has 0 amide bonds. The van der Waals surface area contributed by atoms with Gasteiger partial charge in [0, 0.05) is 19.1 Å². The summed E-state index contributed by atoms with van der Waals surface area (Å²) >= 11 is 4.59. The molecule has 108 valence electrons. The van der Waals surface area contributed by atoms with Gasteiger partial charge in [-0.25, -0.2) is 8.42 Å². The second-order valence-electron chi connectivity index (χ2n) is 4.85. The zero-order chi connectivity index (χ0) is 14.0. The van der Waals surface area contributed by atoms with Crippen molar-refractivity contribution in [2.24, 2.45) is 5.92 Å². The summed E-state index contributed by atoms with van der Waals surface area (Å²) in [5.41, 5.74) is 0. The number of rotatable bonds is 4. The first kappa shape index (κ1) is 15.4. The van der Waals surface area contributed by atoms with Crippen molar-refractivity contribution in [3.8, 4) is 0 Å². The zero-order valence-electron chi connectivity index (χ0n) is 11.1. The molecule has 1 aromatic heterocycles. The third-order valence-corrected chi connectivity index (χ3v) is 7.43. The van der Waals surface area contributed by atoms with Crippen LogP contribution in [0.5, 0.6) is 0 Å². The number of hydrogen-bond donors (Lipinski definition) is 1. The number of halogens is 1. The van der Waals surface area contributed by atoms with Crippen molar-refractivity contribution in [3.05, 3.63) is 15.9 Å². The van der Waals surface area contributed by atoms with Crippen molar-refractivity contribution in [1.82, 2.24) is 9.62 Å². The van der Waals surface area contributed by atoms with E-state index in [0.717, 1.165) is 16.8 Å². The quantitative estimate of drug-likeness (QED) is 0.890. The Hall–Kier alpha value is 0.0500. The Labute approximate surface area is 127 Å². The van der Waals surface area contributed by atoms with Crippen LogP contribution in [0.25, 0.3) is 0 Å². The second kappa shape index (κ2) is 6.22. The molecule has 1 aliphatic heterocycles. The highest BCUT2D eigenvalue weighted by molar-refractivity contribution is 9.11. The molecule has 19 heavy (non-hydrogen) atoms. The average Bonchev–Trinajstić information content (AvgIpc) is 2.79. The van der Waals surface area contributed by atoms with E-state index in [9.17, 15) is 8.42 Å². The van der Waals surface area contributed by atoms with Gasteiger partial charge in [-0.15, -0.1) is 11.3 Å². The van der Waals surface area contributed by atoms with E-state index < -0.39 is 10.0 Å². The molecule has 0 radical (unpaired) electrons. The van der Waals surface area contributed by atoms with Crippen LogP contribution in [0, 0.1) is 5.92 Å². The summed E-state index contributed by atoms with van der Waals surface area (Å²) in [6.45, 7) is 6.31. The fraction of sp³-hybridized carbons (Fsp3) is 0.667. The Balaban J connectivity index is 2.11. The molecular weight excluding hydrogens is 348 g/mol. The smallest absolute Gasteiger partial charge is 0.252 e. The minimum absolute atomic E-state index is 0.340. The van der Waals surface area contributed by atoms with Gasteiger partial charge in [0.1, 0.15) is 4.21 Å². The van der Waals surface area contributed by atoms with E-state index in [1.807, 2.05) is 0 Å². The highest BCUT2D eigenvalue weighted by atomic mass is 79.9. The van der Waals surface area contributed by atoms with Gasteiger partial charge in [-0.3, -0.25) is 0 Å². The molecule has 2 unspecified atom stereocenters. The van der Waals surface area contributed by atoms with E-state index in [-0.39, 0.29) is 0 Å². The van der Waals surface area contributed by atoms with Crippen LogP contribution < -0.4 is 5.32 Å². The van der Waals surface area contributed by atoms with Crippen LogP contribution >= 0.6 is 27.3 Å². The molecule has 2 rings (SSSR count). The Bertz CT molecular complexity index is 530. The maximum atomic E-state index is 12.5. The minimum atomic E-state index is -3.32. The summed E-state index contributed by atoms with van der Waals surface area (Å²) in [6.07, 6.45) is 0.876. The lowest BCUT2D eigenvalue weighted by Crippen LogP contribution is -2.49. The molecule has 4 nitrogen and oxygen atoms in total. The largest absolute Gasteiger partial charge is 0.314 e. The lowest BCUT2D eigenvalue weighted by atomic mass is 9.95. The third kappa shape index (κ3) is 3.39. The molecule has 1 fully saturated rings. The molecule has 1 N–H and O–H groups in total. The fourth-order valence-electron chi connectivity index (χ4n) is 2.45. The van der Waals surface area contributed by atoms with Crippen LogP contribution in [0.15, 0.2) is 20.1 Å². The molecule has 1 aromatic rings. The molecule has 0 spiro atoms. The molecule has 2 heterocycles. The third-order valence-electron chi connectivity index (χ3n) is 3.48. The number of piperidine rings is 1. The monoisotopic (exact) mass is 366 g/mol. The van der Waals surface area contributed by atoms with E-state index >= 15 is 0 Å². The Morgan fingerprint density at radius 3 is 2.79 bits per heavy atom. The Kier molecular flexibility index (Phi) is 5.05. The number of nitrogens with one attached hydrogen (secondary N) is 1. The minimum Gasteiger partial charge on any atom is -0.314 e. The number of nitrogens with zero attached hydrogens (tertiary/aromatic N) is 1. The second-order valence-corrected chi connectivity index (χ2v) is 9.48. The van der Waals surface area contributed by atoms with Gasteiger partial charge in [0.25, 0.3) is 10.0 Å². The van der Waals surface area contributed by atoms with Crippen LogP contribution in [0.3, 0.4) is 0 Å². The van der Waals surface area contributed by atoms with Gasteiger partial charge >= 0.3 is 0 Å². The Morgan fingerprint density at radius 2 is 2.26 bits per heavy atom. The SMILES string of the molecule is CCNC1CCN(S(=O)(=O)c2ccc(Br)s2)CC1C. The average molecular weight is 367 g/mol. The van der Waals surface area contributed by atoms with Crippen molar-refractivity contribution in [1.29, 1.82) is 0 Å². The van der Waals surface area contributed by atoms with Gasteiger partial charge in [-0.05, 0) is 46.9 Å². The Morgan fingerprint density at radius 1 is 1.53 bits per heavy atom. The molecule has 7 heteroatoms. The first-order valence-electron chi connectivity index (χ1n) is 6.44. The molecule has 1 aliphatic rings. The maximum absolute atomic E-state index is 12.5. The molecule has 2 atom stereocenters. The van der Waals surface area contributed by atoms with Crippen LogP contribution in [0.1, 0.15) is 20.3 Å². The van der Waals surface area contributed by atoms with Gasteiger partial charge in [0.2, 0.25) is 0 Å². The van der Waals surface area contributed by atoms with Crippen molar-refractivity contribution in [2.75, 3.05) is 19.6 Å². The fourth-order valence-corrected chi connectivity index (χ4v) is 6.17. The lowest BCUT2D eigenvalue weighted by Gasteiger charge is -2.36. The van der Waals surface area contributed by atoms with E-state index in [4.69, 9.17) is 0 Å². The summed E-state index contributed by atoms with van der Waals surface area (Å²) in [5, 5.41) is 3.42. The first-order chi connectivity index (χ1) is 8.95. The van der Waals surface area contributed by atoms with Crippen molar-refractivity contribution in [2.45, 2.75) is 30.5 Å². The van der Waals surface area contributed by atoms with Gasteiger partial charge in [0.15, 0.2) is 0 Å². The summed E-state index contributed by atoms with van der Waals surface area (Å²) in [6, 6.07) is 3.88. The van der Waals surface area contributed by atoms with Crippen LogP contribution in [0.2, 0.25) is 0 Å². The summed E-state index contributed by atoms with van der Waals surface area (Å²) < 4.78 is 27.9. The van der Waals surface area contributed by atoms with Gasteiger partial charge in [0.05, 0.1) is 3.79 Å². The van der Waals surface area contributed by atoms with Gasteiger partial charge in [-0.1, -0.05) is 13.8 Å². The summed E-state index contributed by atoms with van der Waals surface area (Å²) in [5.74, 6) is 0.340. The summed E-state index contributed by atoms with van der Waals surface area (Å²) in [4.78, 5) is 0. The predicted octanol–water partition coefficient (Wildman–Crippen LogP) is 2.52. The maximum Gasteiger partial charge on any atom is 0.252 e. The number of thiophene rings is 1. The van der Waals surface area contributed by atoms with Gasteiger partial charge in [-0.2, -0.15) is 4.31 Å². The molecule has 0 bridgehead atoms. The van der Waals surface area contributed by atoms with E-state index in [2.05, 4.69) is 35.1 Å². The molecule has 0 saturated carbocycles. The van der Waals surface area contributed by atoms with Crippen molar-refractivity contribution >= 4 is 37.3 Å². The van der Waals surface area contributed by atoms with Crippen molar-refractivity contribution < 1.29 is 8.42 Å². The molecular formula is C12H19BrN2O2S2. The molecule has 1 saturated heterocycles. The zero-order valence-corrected chi connectivity index (χ0v) is 14.3. The lowest BCUT2D eigenvalue weighted by molar-refractivity contribution is 0.223. The van der Waals surface area contributed by atoms with E-state index in [0.29, 0.717) is 29.3 Å². The predicted molar refractivity (Wildman–Crippen MR) is 82.0 cm³/mol. The molecule has 0 aromatic carbocycles. The molecule has 0 aliphatic carbocycles. The standard InChI is InChI=1S/C12H19BrN2O2S2/c1-3-14-10-6-7-15(8-9(10)2)19(16,17)12-5-4-11(13)18-12/h4-5,9-10,14H,3,6-8H2,1-2H3. The van der Waals surface area contributed by atoms with Crippen LogP contribution in [-0.4, -0.2) is 38.4 Å². The van der Waals surface area contributed by atoms with Crippen LogP contribution in [0.4, 0.5) is 0 Å². The summed E-state index contributed by atoms with van der Waals surface area (Å²) in [7, 11) is -3.32. The highest BCUT2D eigenvalue weighted by Gasteiger charge is 2.33. The normalized spacial score (nSPS) is 25.6. The van der Waals surface area contributed by atoms with Crippen LogP contribution in [-0.2, 0) is 10.0 Å². The topological polar surface area (TPSA) is 49.4 Å².